The highest BCUT2D eigenvalue weighted by Gasteiger charge is 2.47. The van der Waals surface area contributed by atoms with Gasteiger partial charge in [-0.3, -0.25) is 4.79 Å². The first-order chi connectivity index (χ1) is 9.79. The predicted octanol–water partition coefficient (Wildman–Crippen LogP) is 2.35. The van der Waals surface area contributed by atoms with Gasteiger partial charge in [0.05, 0.1) is 19.1 Å². The van der Waals surface area contributed by atoms with E-state index in [0.29, 0.717) is 19.4 Å². The third kappa shape index (κ3) is 3.76. The van der Waals surface area contributed by atoms with Crippen molar-refractivity contribution in [3.05, 3.63) is 29.3 Å². The van der Waals surface area contributed by atoms with Crippen LogP contribution in [-0.4, -0.2) is 29.8 Å². The standard InChI is InChI=1S/C17H25NO3/c1-11-7-12(2)9-13(8-11)21-6-5-16(20)18-14-10-15(19)17(14,3)4/h7-9,14-15,19H,5-6,10H2,1-4H3,(H,18,20). The van der Waals surface area contributed by atoms with Crippen molar-refractivity contribution < 1.29 is 14.6 Å². The number of amides is 1. The minimum absolute atomic E-state index is 0.0237. The molecule has 21 heavy (non-hydrogen) atoms. The summed E-state index contributed by atoms with van der Waals surface area (Å²) in [5.41, 5.74) is 2.07. The molecule has 0 spiro atoms. The molecule has 1 aromatic rings. The highest BCUT2D eigenvalue weighted by molar-refractivity contribution is 5.76. The fraction of sp³-hybridized carbons (Fsp3) is 0.588. The normalized spacial score (nSPS) is 23.3. The van der Waals surface area contributed by atoms with Gasteiger partial charge in [-0.1, -0.05) is 19.9 Å². The number of benzene rings is 1. The van der Waals surface area contributed by atoms with Crippen LogP contribution in [0.5, 0.6) is 5.75 Å². The minimum atomic E-state index is -0.325. The molecule has 0 radical (unpaired) electrons. The molecule has 1 fully saturated rings. The Hall–Kier alpha value is -1.55. The maximum atomic E-state index is 11.9. The summed E-state index contributed by atoms with van der Waals surface area (Å²) in [5, 5.41) is 12.6. The number of aliphatic hydroxyl groups is 1. The van der Waals surface area contributed by atoms with Crippen LogP contribution in [-0.2, 0) is 4.79 Å². The minimum Gasteiger partial charge on any atom is -0.493 e. The number of aryl methyl sites for hydroxylation is 2. The molecule has 2 N–H and O–H groups in total. The molecule has 2 atom stereocenters. The average molecular weight is 291 g/mol. The molecule has 1 aliphatic rings. The van der Waals surface area contributed by atoms with Gasteiger partial charge in [0, 0.05) is 11.5 Å². The van der Waals surface area contributed by atoms with Crippen LogP contribution in [0, 0.1) is 19.3 Å². The lowest BCUT2D eigenvalue weighted by atomic mass is 9.64. The molecule has 0 bridgehead atoms. The van der Waals surface area contributed by atoms with Gasteiger partial charge in [0.15, 0.2) is 0 Å². The largest absolute Gasteiger partial charge is 0.493 e. The summed E-state index contributed by atoms with van der Waals surface area (Å²) < 4.78 is 5.63. The summed E-state index contributed by atoms with van der Waals surface area (Å²) in [6.07, 6.45) is 0.640. The maximum absolute atomic E-state index is 11.9. The number of hydrogen-bond donors (Lipinski definition) is 2. The summed E-state index contributed by atoms with van der Waals surface area (Å²) in [6.45, 7) is 8.35. The van der Waals surface area contributed by atoms with E-state index in [1.807, 2.05) is 39.8 Å². The van der Waals surface area contributed by atoms with E-state index >= 15 is 0 Å². The fourth-order valence-corrected chi connectivity index (χ4v) is 2.69. The summed E-state index contributed by atoms with van der Waals surface area (Å²) in [6, 6.07) is 6.08. The SMILES string of the molecule is Cc1cc(C)cc(OCCC(=O)NC2CC(O)C2(C)C)c1. The monoisotopic (exact) mass is 291 g/mol. The van der Waals surface area contributed by atoms with Crippen molar-refractivity contribution in [1.29, 1.82) is 0 Å². The molecule has 4 nitrogen and oxygen atoms in total. The second-order valence-corrected chi connectivity index (χ2v) is 6.61. The molecular weight excluding hydrogens is 266 g/mol. The van der Waals surface area contributed by atoms with E-state index in [4.69, 9.17) is 4.74 Å². The van der Waals surface area contributed by atoms with E-state index in [1.165, 1.54) is 0 Å². The highest BCUT2D eigenvalue weighted by atomic mass is 16.5. The number of carbonyl (C=O) groups is 1. The van der Waals surface area contributed by atoms with Gasteiger partial charge in [-0.2, -0.15) is 0 Å². The van der Waals surface area contributed by atoms with Crippen molar-refractivity contribution in [1.82, 2.24) is 5.32 Å². The van der Waals surface area contributed by atoms with Crippen molar-refractivity contribution in [2.45, 2.75) is 52.7 Å². The van der Waals surface area contributed by atoms with E-state index in [1.54, 1.807) is 0 Å². The van der Waals surface area contributed by atoms with Crippen molar-refractivity contribution in [2.75, 3.05) is 6.61 Å². The van der Waals surface area contributed by atoms with Gasteiger partial charge in [-0.05, 0) is 43.5 Å². The third-order valence-electron chi connectivity index (χ3n) is 4.34. The molecule has 1 aromatic carbocycles. The number of aliphatic hydroxyl groups excluding tert-OH is 1. The second kappa shape index (κ2) is 6.06. The lowest BCUT2D eigenvalue weighted by Gasteiger charge is -2.49. The van der Waals surface area contributed by atoms with Crippen LogP contribution < -0.4 is 10.1 Å². The van der Waals surface area contributed by atoms with Crippen LogP contribution in [0.2, 0.25) is 0 Å². The van der Waals surface area contributed by atoms with E-state index in [9.17, 15) is 9.90 Å². The molecule has 1 saturated carbocycles. The number of nitrogens with one attached hydrogen (secondary N) is 1. The van der Waals surface area contributed by atoms with Gasteiger partial charge in [0.2, 0.25) is 5.91 Å². The lowest BCUT2D eigenvalue weighted by Crippen LogP contribution is -2.61. The molecular formula is C17H25NO3. The Morgan fingerprint density at radius 3 is 2.48 bits per heavy atom. The summed E-state index contributed by atoms with van der Waals surface area (Å²) >= 11 is 0. The zero-order chi connectivity index (χ0) is 15.6. The molecule has 0 heterocycles. The van der Waals surface area contributed by atoms with E-state index < -0.39 is 0 Å². The van der Waals surface area contributed by atoms with Crippen molar-refractivity contribution >= 4 is 5.91 Å². The van der Waals surface area contributed by atoms with Gasteiger partial charge in [-0.25, -0.2) is 0 Å². The molecule has 4 heteroatoms. The Labute approximate surface area is 126 Å². The molecule has 1 aliphatic carbocycles. The topological polar surface area (TPSA) is 58.6 Å². The zero-order valence-corrected chi connectivity index (χ0v) is 13.3. The van der Waals surface area contributed by atoms with Gasteiger partial charge < -0.3 is 15.2 Å². The Morgan fingerprint density at radius 1 is 1.33 bits per heavy atom. The first-order valence-corrected chi connectivity index (χ1v) is 7.47. The fourth-order valence-electron chi connectivity index (χ4n) is 2.69. The Morgan fingerprint density at radius 2 is 1.95 bits per heavy atom. The molecule has 116 valence electrons. The number of ether oxygens (including phenoxy) is 1. The van der Waals surface area contributed by atoms with Crippen LogP contribution in [0.15, 0.2) is 18.2 Å². The van der Waals surface area contributed by atoms with Crippen molar-refractivity contribution in [2.24, 2.45) is 5.41 Å². The maximum Gasteiger partial charge on any atom is 0.223 e. The molecule has 0 aliphatic heterocycles. The first-order valence-electron chi connectivity index (χ1n) is 7.47. The molecule has 0 saturated heterocycles. The molecule has 0 aromatic heterocycles. The molecule has 2 unspecified atom stereocenters. The summed E-state index contributed by atoms with van der Waals surface area (Å²) in [7, 11) is 0. The Bertz CT molecular complexity index is 505. The lowest BCUT2D eigenvalue weighted by molar-refractivity contribution is -0.129. The van der Waals surface area contributed by atoms with Gasteiger partial charge in [0.25, 0.3) is 0 Å². The number of carbonyl (C=O) groups excluding carboxylic acids is 1. The number of rotatable bonds is 5. The zero-order valence-electron chi connectivity index (χ0n) is 13.3. The van der Waals surface area contributed by atoms with Crippen LogP contribution in [0.3, 0.4) is 0 Å². The van der Waals surface area contributed by atoms with Crippen LogP contribution in [0.1, 0.15) is 37.8 Å². The van der Waals surface area contributed by atoms with Crippen molar-refractivity contribution in [3.8, 4) is 5.75 Å². The number of hydrogen-bond acceptors (Lipinski definition) is 3. The highest BCUT2D eigenvalue weighted by Crippen LogP contribution is 2.40. The predicted molar refractivity (Wildman–Crippen MR) is 82.4 cm³/mol. The smallest absolute Gasteiger partial charge is 0.223 e. The first kappa shape index (κ1) is 15.8. The van der Waals surface area contributed by atoms with Gasteiger partial charge in [-0.15, -0.1) is 0 Å². The van der Waals surface area contributed by atoms with E-state index in [0.717, 1.165) is 16.9 Å². The Balaban J connectivity index is 1.75. The van der Waals surface area contributed by atoms with Gasteiger partial charge >= 0.3 is 0 Å². The van der Waals surface area contributed by atoms with Crippen LogP contribution in [0.25, 0.3) is 0 Å². The third-order valence-corrected chi connectivity index (χ3v) is 4.34. The summed E-state index contributed by atoms with van der Waals surface area (Å²) in [5.74, 6) is 0.782. The van der Waals surface area contributed by atoms with E-state index in [2.05, 4.69) is 11.4 Å². The second-order valence-electron chi connectivity index (χ2n) is 6.61. The summed E-state index contributed by atoms with van der Waals surface area (Å²) in [4.78, 5) is 11.9. The average Bonchev–Trinajstić information content (AvgIpc) is 2.37. The molecule has 2 rings (SSSR count). The van der Waals surface area contributed by atoms with Crippen LogP contribution >= 0.6 is 0 Å². The molecule has 1 amide bonds. The quantitative estimate of drug-likeness (QED) is 0.875. The van der Waals surface area contributed by atoms with Crippen LogP contribution in [0.4, 0.5) is 0 Å². The Kier molecular flexibility index (Phi) is 4.57. The van der Waals surface area contributed by atoms with E-state index in [-0.39, 0.29) is 23.5 Å². The van der Waals surface area contributed by atoms with Crippen molar-refractivity contribution in [3.63, 3.8) is 0 Å². The van der Waals surface area contributed by atoms with Gasteiger partial charge in [0.1, 0.15) is 5.75 Å².